The molecular formula is C62H72Cl2N6O12. The predicted molar refractivity (Wildman–Crippen MR) is 319 cm³/mol. The number of H-pyrrole nitrogens is 2. The molecule has 436 valence electrons. The van der Waals surface area contributed by atoms with Gasteiger partial charge in [0.15, 0.2) is 12.2 Å². The molecule has 0 saturated carbocycles. The summed E-state index contributed by atoms with van der Waals surface area (Å²) in [5, 5.41) is 46.4. The summed E-state index contributed by atoms with van der Waals surface area (Å²) in [5.74, 6) is -3.05. The second kappa shape index (κ2) is 34.7. The Kier molecular flexibility index (Phi) is 28.7. The zero-order valence-corrected chi connectivity index (χ0v) is 45.7. The number of aliphatic hydroxyl groups excluding tert-OH is 3. The standard InChI is InChI=1S/C29H28ClN3O5.C19H22ClNO3.C7H8O.C5H6N2O3.2CH4/c1-33-27(35)17-25(32-33)28(36)31-24(16-26(34)29(37)38-18-20-6-3-2-4-7-20)14-19-10-12-21(13-11-19)22-8-5-9-23(30)15-22;1-2-24-19(23)18(22)12-17(21)10-13-6-8-14(9-7-13)15-4-3-5-16(20)11-15;8-6-7-4-2-1-3-5-7;1-7-4(8)2-3(6-7)5(9)10;;/h2-13,15,17,24,26,32,34H,14,16,18H2,1H3,(H,31,36);3-9,11,17-18,22H,2,10,12,21H2,1H3;1-5,8H,6H2;2,6H,1H3,(H,9,10);2*1H4/t24-,26-;17-,18-;;;;/m11..../s1. The normalized spacial score (nSPS) is 11.8. The lowest BCUT2D eigenvalue weighted by Gasteiger charge is -2.21. The molecule has 0 fully saturated rings. The van der Waals surface area contributed by atoms with Gasteiger partial charge in [0.2, 0.25) is 0 Å². The molecule has 0 aliphatic carbocycles. The molecule has 1 amide bonds. The molecule has 9 N–H and O–H groups in total. The zero-order valence-electron chi connectivity index (χ0n) is 44.2. The first kappa shape index (κ1) is 67.9. The number of nitrogens with zero attached hydrogens (tertiary/aromatic N) is 2. The summed E-state index contributed by atoms with van der Waals surface area (Å²) in [5.41, 5.74) is 13.1. The fourth-order valence-electron chi connectivity index (χ4n) is 7.73. The number of halogens is 2. The lowest BCUT2D eigenvalue weighted by molar-refractivity contribution is -0.155. The number of rotatable bonds is 19. The minimum absolute atomic E-state index is 0. The second-order valence-corrected chi connectivity index (χ2v) is 19.1. The van der Waals surface area contributed by atoms with E-state index in [2.05, 4.69) is 15.5 Å². The summed E-state index contributed by atoms with van der Waals surface area (Å²) in [6.45, 7) is 2.12. The van der Waals surface area contributed by atoms with Crippen molar-refractivity contribution in [2.75, 3.05) is 6.61 Å². The number of amides is 1. The quantitative estimate of drug-likeness (QED) is 0.0352. The number of nitrogens with two attached hydrogens (primary N) is 1. The van der Waals surface area contributed by atoms with Gasteiger partial charge in [-0.3, -0.25) is 33.9 Å². The number of esters is 2. The van der Waals surface area contributed by atoms with E-state index in [9.17, 15) is 39.0 Å². The highest BCUT2D eigenvalue weighted by Crippen LogP contribution is 2.25. The average molecular weight is 1160 g/mol. The van der Waals surface area contributed by atoms with Crippen LogP contribution in [0.1, 0.15) is 77.8 Å². The van der Waals surface area contributed by atoms with Gasteiger partial charge in [0.25, 0.3) is 17.0 Å². The summed E-state index contributed by atoms with van der Waals surface area (Å²) in [7, 11) is 2.96. The lowest BCUT2D eigenvalue weighted by atomic mass is 9.97. The summed E-state index contributed by atoms with van der Waals surface area (Å²) < 4.78 is 12.3. The molecule has 0 spiro atoms. The van der Waals surface area contributed by atoms with Crippen molar-refractivity contribution in [1.29, 1.82) is 0 Å². The van der Waals surface area contributed by atoms with E-state index in [-0.39, 0.29) is 76.1 Å². The maximum atomic E-state index is 12.8. The highest BCUT2D eigenvalue weighted by atomic mass is 35.5. The van der Waals surface area contributed by atoms with Crippen molar-refractivity contribution in [2.24, 2.45) is 19.8 Å². The maximum absolute atomic E-state index is 12.8. The molecule has 6 aromatic carbocycles. The number of nitrogens with one attached hydrogen (secondary N) is 3. The van der Waals surface area contributed by atoms with Crippen LogP contribution >= 0.6 is 23.2 Å². The number of aromatic amines is 2. The van der Waals surface area contributed by atoms with Crippen molar-refractivity contribution in [3.63, 3.8) is 0 Å². The molecule has 82 heavy (non-hydrogen) atoms. The number of hydrogen-bond donors (Lipinski definition) is 8. The molecule has 0 aliphatic heterocycles. The van der Waals surface area contributed by atoms with E-state index in [4.69, 9.17) is 48.6 Å². The number of hydrogen-bond acceptors (Lipinski definition) is 12. The van der Waals surface area contributed by atoms with Crippen molar-refractivity contribution in [2.45, 2.75) is 85.0 Å². The van der Waals surface area contributed by atoms with Gasteiger partial charge in [0, 0.05) is 54.8 Å². The van der Waals surface area contributed by atoms with Crippen molar-refractivity contribution in [1.82, 2.24) is 24.9 Å². The first-order valence-electron chi connectivity index (χ1n) is 25.2. The molecule has 0 aliphatic rings. The van der Waals surface area contributed by atoms with Crippen LogP contribution in [0.4, 0.5) is 0 Å². The van der Waals surface area contributed by atoms with Gasteiger partial charge >= 0.3 is 17.9 Å². The van der Waals surface area contributed by atoms with Crippen LogP contribution in [0.25, 0.3) is 22.3 Å². The van der Waals surface area contributed by atoms with Crippen LogP contribution in [0.2, 0.25) is 10.0 Å². The third-order valence-electron chi connectivity index (χ3n) is 11.9. The summed E-state index contributed by atoms with van der Waals surface area (Å²) in [6, 6.07) is 50.9. The van der Waals surface area contributed by atoms with Crippen molar-refractivity contribution in [3.05, 3.63) is 234 Å². The Morgan fingerprint density at radius 2 is 1.02 bits per heavy atom. The first-order chi connectivity index (χ1) is 38.3. The number of carbonyl (C=O) groups excluding carboxylic acids is 3. The van der Waals surface area contributed by atoms with Gasteiger partial charge in [-0.15, -0.1) is 0 Å². The Hall–Kier alpha value is -8.36. The van der Waals surface area contributed by atoms with Crippen LogP contribution in [0.5, 0.6) is 0 Å². The Balaban J connectivity index is 0.000000338. The van der Waals surface area contributed by atoms with Crippen LogP contribution < -0.4 is 22.2 Å². The minimum atomic E-state index is -1.45. The van der Waals surface area contributed by atoms with E-state index in [0.717, 1.165) is 55.3 Å². The Labute approximate surface area is 486 Å². The van der Waals surface area contributed by atoms with E-state index in [0.29, 0.717) is 22.9 Å². The second-order valence-electron chi connectivity index (χ2n) is 18.2. The Bertz CT molecular complexity index is 3350. The molecule has 4 atom stereocenters. The van der Waals surface area contributed by atoms with E-state index < -0.39 is 42.1 Å². The van der Waals surface area contributed by atoms with Gasteiger partial charge in [-0.05, 0) is 95.0 Å². The van der Waals surface area contributed by atoms with Crippen LogP contribution in [-0.4, -0.2) is 94.7 Å². The summed E-state index contributed by atoms with van der Waals surface area (Å²) in [6.07, 6.45) is -1.62. The highest BCUT2D eigenvalue weighted by Gasteiger charge is 2.25. The SMILES string of the molecule is C.C.CCOC(=O)[C@H](O)C[C@H](N)Cc1ccc(-c2cccc(Cl)c2)cc1.Cn1[nH]c(C(=O)N[C@H](Cc2ccc(-c3cccc(Cl)c3)cc2)C[C@@H](O)C(=O)OCc2ccccc2)cc1=O.Cn1[nH]c(C(=O)O)cc1=O.OCc1ccccc1. The molecule has 2 aromatic heterocycles. The van der Waals surface area contributed by atoms with Crippen LogP contribution in [0.15, 0.2) is 179 Å². The number of aliphatic hydroxyl groups is 3. The smallest absolute Gasteiger partial charge is 0.353 e. The third-order valence-corrected chi connectivity index (χ3v) is 12.4. The molecule has 0 radical (unpaired) electrons. The average Bonchev–Trinajstić information content (AvgIpc) is 4.04. The van der Waals surface area contributed by atoms with Crippen LogP contribution in [0, 0.1) is 0 Å². The van der Waals surface area contributed by atoms with Gasteiger partial charge < -0.3 is 41.0 Å². The van der Waals surface area contributed by atoms with E-state index >= 15 is 0 Å². The molecule has 18 nitrogen and oxygen atoms in total. The van der Waals surface area contributed by atoms with E-state index in [1.54, 1.807) is 6.92 Å². The summed E-state index contributed by atoms with van der Waals surface area (Å²) >= 11 is 12.1. The third kappa shape index (κ3) is 22.6. The van der Waals surface area contributed by atoms with E-state index in [1.807, 2.05) is 158 Å². The Morgan fingerprint density at radius 1 is 0.573 bits per heavy atom. The number of benzene rings is 6. The molecule has 20 heteroatoms. The fourth-order valence-corrected chi connectivity index (χ4v) is 8.11. The monoisotopic (exact) mass is 1160 g/mol. The van der Waals surface area contributed by atoms with Gasteiger partial charge in [0.1, 0.15) is 18.0 Å². The molecule has 0 saturated heterocycles. The fraction of sp³-hybridized carbons (Fsp3) is 0.258. The number of aromatic carboxylic acids is 1. The number of ether oxygens (including phenoxy) is 2. The lowest BCUT2D eigenvalue weighted by Crippen LogP contribution is -2.41. The highest BCUT2D eigenvalue weighted by molar-refractivity contribution is 6.31. The number of aryl methyl sites for hydroxylation is 2. The van der Waals surface area contributed by atoms with Gasteiger partial charge in [-0.1, -0.05) is 172 Å². The predicted octanol–water partition coefficient (Wildman–Crippen LogP) is 8.92. The number of carboxylic acid groups (broad SMARTS) is 1. The van der Waals surface area contributed by atoms with Gasteiger partial charge in [0.05, 0.1) is 13.2 Å². The van der Waals surface area contributed by atoms with Crippen LogP contribution in [0.3, 0.4) is 0 Å². The molecular weight excluding hydrogens is 1090 g/mol. The molecule has 0 bridgehead atoms. The largest absolute Gasteiger partial charge is 0.477 e. The Morgan fingerprint density at radius 3 is 1.44 bits per heavy atom. The molecule has 8 aromatic rings. The van der Waals surface area contributed by atoms with Gasteiger partial charge in [-0.25, -0.2) is 14.4 Å². The van der Waals surface area contributed by atoms with Gasteiger partial charge in [-0.2, -0.15) is 0 Å². The van der Waals surface area contributed by atoms with E-state index in [1.165, 1.54) is 24.8 Å². The molecule has 2 heterocycles. The van der Waals surface area contributed by atoms with Crippen molar-refractivity contribution in [3.8, 4) is 22.3 Å². The van der Waals surface area contributed by atoms with Crippen molar-refractivity contribution < 1.29 is 49.1 Å². The maximum Gasteiger partial charge on any atom is 0.353 e. The van der Waals surface area contributed by atoms with Crippen molar-refractivity contribution >= 4 is 47.0 Å². The molecule has 0 unspecified atom stereocenters. The summed E-state index contributed by atoms with van der Waals surface area (Å²) in [4.78, 5) is 69.3. The number of carbonyl (C=O) groups is 4. The zero-order chi connectivity index (χ0) is 58.1. The topological polar surface area (TPSA) is 281 Å². The molecule has 8 rings (SSSR count). The van der Waals surface area contributed by atoms with Crippen LogP contribution in [-0.2, 0) is 59.2 Å². The minimum Gasteiger partial charge on any atom is -0.477 e. The number of carboxylic acids is 1. The number of aromatic nitrogens is 4. The first-order valence-corrected chi connectivity index (χ1v) is 26.0.